The Morgan fingerprint density at radius 1 is 1.38 bits per heavy atom. The van der Waals surface area contributed by atoms with E-state index in [1.807, 2.05) is 0 Å². The summed E-state index contributed by atoms with van der Waals surface area (Å²) in [4.78, 5) is 0. The lowest BCUT2D eigenvalue weighted by Crippen LogP contribution is -2.37. The largest absolute Gasteiger partial charge is 0.390 e. The zero-order chi connectivity index (χ0) is 12.2. The van der Waals surface area contributed by atoms with E-state index in [0.29, 0.717) is 13.1 Å². The molecule has 0 radical (unpaired) electrons. The molecule has 3 atom stereocenters. The van der Waals surface area contributed by atoms with Gasteiger partial charge in [-0.15, -0.1) is 0 Å². The van der Waals surface area contributed by atoms with E-state index in [1.54, 1.807) is 0 Å². The second-order valence-corrected chi connectivity index (χ2v) is 4.32. The first-order valence-electron chi connectivity index (χ1n) is 5.56. The van der Waals surface area contributed by atoms with Gasteiger partial charge in [0.05, 0.1) is 18.6 Å². The van der Waals surface area contributed by atoms with E-state index in [9.17, 15) is 13.2 Å². The number of alkyl halides is 3. The molecule has 1 aliphatic rings. The summed E-state index contributed by atoms with van der Waals surface area (Å²) in [6.07, 6.45) is -3.07. The summed E-state index contributed by atoms with van der Waals surface area (Å²) in [7, 11) is 0. The maximum Gasteiger partial charge on any atom is 0.390 e. The molecule has 0 aromatic carbocycles. The number of nitrogens with one attached hydrogen (secondary N) is 1. The monoisotopic (exact) mass is 240 g/mol. The molecule has 0 amide bonds. The van der Waals surface area contributed by atoms with E-state index in [2.05, 4.69) is 5.32 Å². The highest BCUT2D eigenvalue weighted by Gasteiger charge is 2.30. The Balaban J connectivity index is 2.15. The Hall–Kier alpha value is -0.330. The third-order valence-electron chi connectivity index (χ3n) is 2.69. The Labute approximate surface area is 93.5 Å². The minimum atomic E-state index is -4.11. The predicted molar refractivity (Wildman–Crippen MR) is 55.1 cm³/mol. The predicted octanol–water partition coefficient (Wildman–Crippen LogP) is 1.42. The third kappa shape index (κ3) is 5.14. The van der Waals surface area contributed by atoms with Crippen molar-refractivity contribution in [3.8, 4) is 0 Å². The smallest absolute Gasteiger partial charge is 0.372 e. The zero-order valence-corrected chi connectivity index (χ0v) is 9.39. The molecule has 1 aliphatic heterocycles. The highest BCUT2D eigenvalue weighted by molar-refractivity contribution is 4.77. The van der Waals surface area contributed by atoms with Gasteiger partial charge in [0.15, 0.2) is 0 Å². The molecule has 3 nitrogen and oxygen atoms in total. The van der Waals surface area contributed by atoms with Crippen LogP contribution in [0.4, 0.5) is 13.2 Å². The topological polar surface area (TPSA) is 47.3 Å². The summed E-state index contributed by atoms with van der Waals surface area (Å²) in [6.45, 7) is 2.48. The quantitative estimate of drug-likeness (QED) is 0.764. The molecule has 0 bridgehead atoms. The molecular weight excluding hydrogens is 221 g/mol. The normalized spacial score (nSPS) is 28.3. The number of hydrogen-bond acceptors (Lipinski definition) is 3. The van der Waals surface area contributed by atoms with Crippen LogP contribution in [0.3, 0.4) is 0 Å². The van der Waals surface area contributed by atoms with Crippen LogP contribution in [-0.4, -0.2) is 37.5 Å². The van der Waals surface area contributed by atoms with Crippen molar-refractivity contribution in [2.45, 2.75) is 50.6 Å². The maximum absolute atomic E-state index is 12.0. The van der Waals surface area contributed by atoms with Gasteiger partial charge in [-0.05, 0) is 19.8 Å². The van der Waals surface area contributed by atoms with Gasteiger partial charge in [0.2, 0.25) is 0 Å². The summed E-state index contributed by atoms with van der Waals surface area (Å²) >= 11 is 0. The molecule has 6 heteroatoms. The molecule has 0 aromatic heterocycles. The first kappa shape index (κ1) is 13.7. The summed E-state index contributed by atoms with van der Waals surface area (Å²) in [5, 5.41) is 2.84. The number of rotatable bonds is 5. The van der Waals surface area contributed by atoms with Gasteiger partial charge in [-0.25, -0.2) is 0 Å². The van der Waals surface area contributed by atoms with Gasteiger partial charge in [0.25, 0.3) is 0 Å². The highest BCUT2D eigenvalue weighted by Crippen LogP contribution is 2.22. The van der Waals surface area contributed by atoms with Gasteiger partial charge in [-0.2, -0.15) is 13.2 Å². The van der Waals surface area contributed by atoms with Crippen LogP contribution in [0.5, 0.6) is 0 Å². The lowest BCUT2D eigenvalue weighted by molar-refractivity contribution is -0.139. The van der Waals surface area contributed by atoms with Gasteiger partial charge in [0.1, 0.15) is 0 Å². The number of hydrogen-bond donors (Lipinski definition) is 2. The Morgan fingerprint density at radius 3 is 2.50 bits per heavy atom. The number of nitrogens with two attached hydrogens (primary N) is 1. The van der Waals surface area contributed by atoms with E-state index in [-0.39, 0.29) is 12.2 Å². The molecule has 3 unspecified atom stereocenters. The standard InChI is InChI=1S/C10H19F3N2O/c1-7(4-10(11,12)13)15-6-9-3-2-8(5-14)16-9/h7-9,15H,2-6,14H2,1H3. The van der Waals surface area contributed by atoms with Crippen molar-refractivity contribution in [3.63, 3.8) is 0 Å². The number of ether oxygens (including phenoxy) is 1. The molecule has 0 aromatic rings. The first-order valence-corrected chi connectivity index (χ1v) is 5.56. The molecule has 1 heterocycles. The summed E-state index contributed by atoms with van der Waals surface area (Å²) in [6, 6.07) is -0.569. The Bertz CT molecular complexity index is 211. The second-order valence-electron chi connectivity index (χ2n) is 4.32. The molecule has 0 aliphatic carbocycles. The van der Waals surface area contributed by atoms with Crippen LogP contribution < -0.4 is 11.1 Å². The SMILES string of the molecule is CC(CC(F)(F)F)NCC1CCC(CN)O1. The van der Waals surface area contributed by atoms with Crippen LogP contribution >= 0.6 is 0 Å². The van der Waals surface area contributed by atoms with Crippen LogP contribution in [0, 0.1) is 0 Å². The van der Waals surface area contributed by atoms with Crippen molar-refractivity contribution in [3.05, 3.63) is 0 Å². The van der Waals surface area contributed by atoms with E-state index >= 15 is 0 Å². The van der Waals surface area contributed by atoms with Crippen molar-refractivity contribution in [2.24, 2.45) is 5.73 Å². The van der Waals surface area contributed by atoms with Crippen molar-refractivity contribution in [1.29, 1.82) is 0 Å². The van der Waals surface area contributed by atoms with Crippen LogP contribution in [0.15, 0.2) is 0 Å². The van der Waals surface area contributed by atoms with Crippen LogP contribution in [-0.2, 0) is 4.74 Å². The summed E-state index contributed by atoms with van der Waals surface area (Å²) in [5.74, 6) is 0. The molecule has 1 rings (SSSR count). The van der Waals surface area contributed by atoms with Crippen LogP contribution in [0.25, 0.3) is 0 Å². The first-order chi connectivity index (χ1) is 7.40. The van der Waals surface area contributed by atoms with E-state index in [1.165, 1.54) is 6.92 Å². The average molecular weight is 240 g/mol. The van der Waals surface area contributed by atoms with Gasteiger partial charge < -0.3 is 15.8 Å². The van der Waals surface area contributed by atoms with Crippen molar-refractivity contribution in [1.82, 2.24) is 5.32 Å². The molecule has 0 saturated carbocycles. The minimum Gasteiger partial charge on any atom is -0.372 e. The fraction of sp³-hybridized carbons (Fsp3) is 1.00. The third-order valence-corrected chi connectivity index (χ3v) is 2.69. The zero-order valence-electron chi connectivity index (χ0n) is 9.39. The molecule has 96 valence electrons. The lowest BCUT2D eigenvalue weighted by atomic mass is 10.2. The molecule has 16 heavy (non-hydrogen) atoms. The molecule has 3 N–H and O–H groups in total. The fourth-order valence-electron chi connectivity index (χ4n) is 1.86. The molecule has 0 spiro atoms. The van der Waals surface area contributed by atoms with E-state index < -0.39 is 18.6 Å². The van der Waals surface area contributed by atoms with Gasteiger partial charge in [-0.1, -0.05) is 0 Å². The molecule has 1 saturated heterocycles. The average Bonchev–Trinajstić information content (AvgIpc) is 2.59. The fourth-order valence-corrected chi connectivity index (χ4v) is 1.86. The van der Waals surface area contributed by atoms with Crippen LogP contribution in [0.1, 0.15) is 26.2 Å². The Morgan fingerprint density at radius 2 is 2.00 bits per heavy atom. The van der Waals surface area contributed by atoms with Crippen molar-refractivity contribution < 1.29 is 17.9 Å². The van der Waals surface area contributed by atoms with Gasteiger partial charge >= 0.3 is 6.18 Å². The van der Waals surface area contributed by atoms with E-state index in [0.717, 1.165) is 12.8 Å². The number of halogens is 3. The molecular formula is C10H19F3N2O. The summed E-state index contributed by atoms with van der Waals surface area (Å²) < 4.78 is 41.6. The Kier molecular flexibility index (Phi) is 5.01. The second kappa shape index (κ2) is 5.84. The van der Waals surface area contributed by atoms with Crippen molar-refractivity contribution >= 4 is 0 Å². The van der Waals surface area contributed by atoms with Gasteiger partial charge in [0, 0.05) is 19.1 Å². The van der Waals surface area contributed by atoms with Gasteiger partial charge in [-0.3, -0.25) is 0 Å². The maximum atomic E-state index is 12.0. The minimum absolute atomic E-state index is 0.00392. The highest BCUT2D eigenvalue weighted by atomic mass is 19.4. The molecule has 1 fully saturated rings. The lowest BCUT2D eigenvalue weighted by Gasteiger charge is -2.19. The van der Waals surface area contributed by atoms with Crippen LogP contribution in [0.2, 0.25) is 0 Å². The summed E-state index contributed by atoms with van der Waals surface area (Å²) in [5.41, 5.74) is 5.44. The van der Waals surface area contributed by atoms with E-state index in [4.69, 9.17) is 10.5 Å². The van der Waals surface area contributed by atoms with Crippen molar-refractivity contribution in [2.75, 3.05) is 13.1 Å².